The topological polar surface area (TPSA) is 87.2 Å². The summed E-state index contributed by atoms with van der Waals surface area (Å²) >= 11 is 6.36. The van der Waals surface area contributed by atoms with Crippen molar-refractivity contribution in [2.45, 2.75) is 37.6 Å². The number of rotatable bonds is 4. The lowest BCUT2D eigenvalue weighted by molar-refractivity contribution is 0.288. The Bertz CT molecular complexity index is 1740. The van der Waals surface area contributed by atoms with Gasteiger partial charge in [0.1, 0.15) is 12.1 Å². The molecule has 0 bridgehead atoms. The molecule has 5 heterocycles. The number of pyridine rings is 1. The quantitative estimate of drug-likeness (QED) is 0.376. The van der Waals surface area contributed by atoms with E-state index in [1.54, 1.807) is 16.8 Å². The maximum Gasteiger partial charge on any atom is 0.251 e. The normalized spacial score (nSPS) is 22.7. The lowest BCUT2D eigenvalue weighted by Gasteiger charge is -2.20. The van der Waals surface area contributed by atoms with Gasteiger partial charge in [-0.2, -0.15) is 4.68 Å². The predicted molar refractivity (Wildman–Crippen MR) is 144 cm³/mol. The minimum atomic E-state index is -0.0179. The summed E-state index contributed by atoms with van der Waals surface area (Å²) in [6, 6.07) is 15.9. The van der Waals surface area contributed by atoms with Gasteiger partial charge in [-0.3, -0.25) is 9.79 Å². The van der Waals surface area contributed by atoms with Gasteiger partial charge >= 0.3 is 0 Å². The van der Waals surface area contributed by atoms with Gasteiger partial charge in [-0.15, -0.1) is 5.10 Å². The van der Waals surface area contributed by atoms with Crippen LogP contribution in [0.5, 0.6) is 5.75 Å². The summed E-state index contributed by atoms with van der Waals surface area (Å²) in [7, 11) is 0. The maximum absolute atomic E-state index is 13.6. The standard InChI is InChI=1S/C29H23ClN6O2/c30-20-5-6-25(35-15-32-33-34-35)21(12-20)18-9-26-22-13-23(22)29(36(26)28(37)11-18)24-8-19(14-31-24)17-4-3-16-2-1-7-38-27(16)10-17/h3-6,9-12,14-15,22-23,29H,1-2,7-8,13H2. The predicted octanol–water partition coefficient (Wildman–Crippen LogP) is 5.01. The summed E-state index contributed by atoms with van der Waals surface area (Å²) in [5.41, 5.74) is 8.14. The molecule has 2 aromatic carbocycles. The van der Waals surface area contributed by atoms with E-state index in [1.807, 2.05) is 22.9 Å². The highest BCUT2D eigenvalue weighted by molar-refractivity contribution is 6.31. The van der Waals surface area contributed by atoms with Crippen LogP contribution in [0.2, 0.25) is 5.02 Å². The number of fused-ring (bicyclic) bond motifs is 4. The number of aryl methyl sites for hydroxylation is 1. The summed E-state index contributed by atoms with van der Waals surface area (Å²) in [6.07, 6.45) is 7.47. The van der Waals surface area contributed by atoms with Crippen molar-refractivity contribution >= 4 is 22.9 Å². The van der Waals surface area contributed by atoms with Crippen molar-refractivity contribution < 1.29 is 4.74 Å². The molecular formula is C29H23ClN6O2. The molecule has 0 radical (unpaired) electrons. The first-order valence-electron chi connectivity index (χ1n) is 13.0. The van der Waals surface area contributed by atoms with E-state index in [9.17, 15) is 4.79 Å². The van der Waals surface area contributed by atoms with Gasteiger partial charge in [-0.05, 0) is 88.2 Å². The first kappa shape index (κ1) is 22.0. The first-order chi connectivity index (χ1) is 18.6. The van der Waals surface area contributed by atoms with Crippen LogP contribution in [0.15, 0.2) is 70.8 Å². The van der Waals surface area contributed by atoms with Crippen LogP contribution in [0.1, 0.15) is 48.0 Å². The highest BCUT2D eigenvalue weighted by Crippen LogP contribution is 2.60. The van der Waals surface area contributed by atoms with Crippen LogP contribution >= 0.6 is 11.6 Å². The molecular weight excluding hydrogens is 500 g/mol. The van der Waals surface area contributed by atoms with Gasteiger partial charge in [0.05, 0.1) is 18.3 Å². The molecule has 9 heteroatoms. The number of hydrogen-bond donors (Lipinski definition) is 0. The van der Waals surface area contributed by atoms with Gasteiger partial charge in [0.15, 0.2) is 0 Å². The van der Waals surface area contributed by atoms with Crippen molar-refractivity contribution in [1.82, 2.24) is 24.8 Å². The third-order valence-corrected chi connectivity index (χ3v) is 8.49. The molecule has 3 unspecified atom stereocenters. The number of tetrazole rings is 1. The van der Waals surface area contributed by atoms with Crippen molar-refractivity contribution in [3.05, 3.63) is 93.3 Å². The Hall–Kier alpha value is -4.04. The lowest BCUT2D eigenvalue weighted by atomic mass is 9.95. The second-order valence-corrected chi connectivity index (χ2v) is 10.9. The molecule has 0 saturated heterocycles. The van der Waals surface area contributed by atoms with Crippen LogP contribution < -0.4 is 10.3 Å². The molecule has 4 aromatic rings. The molecule has 0 N–H and O–H groups in total. The maximum atomic E-state index is 13.6. The minimum Gasteiger partial charge on any atom is -0.493 e. The first-order valence-corrected chi connectivity index (χ1v) is 13.3. The molecule has 1 aliphatic carbocycles. The highest BCUT2D eigenvalue weighted by atomic mass is 35.5. The molecule has 1 fully saturated rings. The zero-order valence-electron chi connectivity index (χ0n) is 20.4. The number of halogens is 1. The summed E-state index contributed by atoms with van der Waals surface area (Å²) < 4.78 is 9.45. The number of benzene rings is 2. The molecule has 0 spiro atoms. The zero-order chi connectivity index (χ0) is 25.4. The van der Waals surface area contributed by atoms with Crippen LogP contribution in [-0.4, -0.2) is 37.1 Å². The van der Waals surface area contributed by atoms with E-state index >= 15 is 0 Å². The molecule has 4 aliphatic rings. The number of allylic oxidation sites excluding steroid dienone is 1. The molecule has 8 rings (SSSR count). The summed E-state index contributed by atoms with van der Waals surface area (Å²) in [4.78, 5) is 18.5. The third kappa shape index (κ3) is 3.40. The average molecular weight is 523 g/mol. The Balaban J connectivity index is 1.12. The molecule has 8 nitrogen and oxygen atoms in total. The highest BCUT2D eigenvalue weighted by Gasteiger charge is 2.54. The minimum absolute atomic E-state index is 0.00229. The third-order valence-electron chi connectivity index (χ3n) is 8.25. The number of aliphatic imine (C=N–C) groups is 1. The second-order valence-electron chi connectivity index (χ2n) is 10.5. The van der Waals surface area contributed by atoms with Gasteiger partial charge in [0.2, 0.25) is 0 Å². The summed E-state index contributed by atoms with van der Waals surface area (Å²) in [6.45, 7) is 0.774. The molecule has 3 aliphatic heterocycles. The van der Waals surface area contributed by atoms with Crippen molar-refractivity contribution in [3.63, 3.8) is 0 Å². The number of hydrogen-bond acceptors (Lipinski definition) is 6. The van der Waals surface area contributed by atoms with Crippen molar-refractivity contribution in [3.8, 4) is 22.6 Å². The fraction of sp³-hybridized carbons (Fsp3) is 0.276. The Kier molecular flexibility index (Phi) is 4.76. The molecule has 188 valence electrons. The van der Waals surface area contributed by atoms with Crippen LogP contribution in [-0.2, 0) is 6.42 Å². The van der Waals surface area contributed by atoms with Gasteiger partial charge in [0.25, 0.3) is 5.56 Å². The molecule has 0 amide bonds. The Morgan fingerprint density at radius 1 is 1.05 bits per heavy atom. The second kappa shape index (κ2) is 8.23. The summed E-state index contributed by atoms with van der Waals surface area (Å²) in [5.74, 6) is 1.77. The Morgan fingerprint density at radius 3 is 2.89 bits per heavy atom. The lowest BCUT2D eigenvalue weighted by Crippen LogP contribution is -2.29. The number of ether oxygens (including phenoxy) is 1. The van der Waals surface area contributed by atoms with Crippen molar-refractivity contribution in [1.29, 1.82) is 0 Å². The fourth-order valence-electron chi connectivity index (χ4n) is 6.39. The van der Waals surface area contributed by atoms with Gasteiger partial charge < -0.3 is 9.30 Å². The molecule has 1 saturated carbocycles. The van der Waals surface area contributed by atoms with Gasteiger partial charge in [0, 0.05) is 46.6 Å². The van der Waals surface area contributed by atoms with E-state index in [0.29, 0.717) is 16.9 Å². The fourth-order valence-corrected chi connectivity index (χ4v) is 6.56. The van der Waals surface area contributed by atoms with E-state index in [4.69, 9.17) is 21.3 Å². The van der Waals surface area contributed by atoms with Crippen LogP contribution in [0.4, 0.5) is 0 Å². The average Bonchev–Trinajstić information content (AvgIpc) is 3.29. The largest absolute Gasteiger partial charge is 0.493 e. The van der Waals surface area contributed by atoms with Gasteiger partial charge in [-0.25, -0.2) is 0 Å². The van der Waals surface area contributed by atoms with E-state index in [1.165, 1.54) is 17.5 Å². The van der Waals surface area contributed by atoms with Crippen LogP contribution in [0, 0.1) is 5.92 Å². The van der Waals surface area contributed by atoms with E-state index < -0.39 is 0 Å². The van der Waals surface area contributed by atoms with Crippen molar-refractivity contribution in [2.24, 2.45) is 10.9 Å². The molecule has 38 heavy (non-hydrogen) atoms. The van der Waals surface area contributed by atoms with Crippen molar-refractivity contribution in [2.75, 3.05) is 6.61 Å². The molecule has 2 aromatic heterocycles. The Labute approximate surface area is 223 Å². The van der Waals surface area contributed by atoms with E-state index in [-0.39, 0.29) is 11.6 Å². The van der Waals surface area contributed by atoms with Crippen LogP contribution in [0.25, 0.3) is 22.4 Å². The van der Waals surface area contributed by atoms with Crippen LogP contribution in [0.3, 0.4) is 0 Å². The SMILES string of the molecule is O=c1cc(-c2cc(Cl)ccc2-n2cnnn2)cc2n1C(C1=NC=C(c3ccc4c(c3)OCCC4)C1)C1CC21. The smallest absolute Gasteiger partial charge is 0.251 e. The Morgan fingerprint density at radius 2 is 2.00 bits per heavy atom. The van der Waals surface area contributed by atoms with E-state index in [2.05, 4.69) is 39.8 Å². The molecule has 3 atom stereocenters. The monoisotopic (exact) mass is 522 g/mol. The number of aromatic nitrogens is 5. The van der Waals surface area contributed by atoms with E-state index in [0.717, 1.165) is 71.8 Å². The zero-order valence-corrected chi connectivity index (χ0v) is 21.2. The van der Waals surface area contributed by atoms with Gasteiger partial charge in [-0.1, -0.05) is 23.7 Å². The number of nitrogens with zero attached hydrogens (tertiary/aromatic N) is 6. The summed E-state index contributed by atoms with van der Waals surface area (Å²) in [5, 5.41) is 12.2.